The summed E-state index contributed by atoms with van der Waals surface area (Å²) in [6, 6.07) is 0.896. The van der Waals surface area contributed by atoms with Gasteiger partial charge in [0.2, 0.25) is 5.95 Å². The van der Waals surface area contributed by atoms with E-state index in [4.69, 9.17) is 11.6 Å². The van der Waals surface area contributed by atoms with E-state index in [1.54, 1.807) is 6.92 Å². The lowest BCUT2D eigenvalue weighted by molar-refractivity contribution is -0.142. The average molecular weight is 268 g/mol. The topological polar surface area (TPSA) is 39.2 Å². The first-order valence-electron chi connectivity index (χ1n) is 4.74. The Balaban J connectivity index is 3.01. The highest BCUT2D eigenvalue weighted by molar-refractivity contribution is 6.31. The molecule has 7 heteroatoms. The fourth-order valence-electron chi connectivity index (χ4n) is 1.18. The number of carbonyl (C=O) groups excluding carboxylic acids is 1. The molecule has 0 atom stereocenters. The quantitative estimate of drug-likeness (QED) is 0.622. The third kappa shape index (κ3) is 3.59. The molecular formula is C10H9ClF3NO2. The van der Waals surface area contributed by atoms with E-state index in [1.165, 1.54) is 0 Å². The van der Waals surface area contributed by atoms with Gasteiger partial charge >= 0.3 is 5.97 Å². The van der Waals surface area contributed by atoms with Gasteiger partial charge in [-0.25, -0.2) is 13.8 Å². The van der Waals surface area contributed by atoms with Crippen LogP contribution in [0.1, 0.15) is 24.6 Å². The summed E-state index contributed by atoms with van der Waals surface area (Å²) in [6.07, 6.45) is -3.30. The lowest BCUT2D eigenvalue weighted by Gasteiger charge is -2.07. The summed E-state index contributed by atoms with van der Waals surface area (Å²) < 4.78 is 42.4. The minimum atomic E-state index is -2.93. The molecule has 94 valence electrons. The van der Waals surface area contributed by atoms with E-state index in [9.17, 15) is 18.0 Å². The molecule has 0 N–H and O–H groups in total. The van der Waals surface area contributed by atoms with E-state index < -0.39 is 29.1 Å². The second-order valence-electron chi connectivity index (χ2n) is 3.09. The average Bonchev–Trinajstić information content (AvgIpc) is 2.24. The van der Waals surface area contributed by atoms with Gasteiger partial charge in [-0.3, -0.25) is 4.79 Å². The number of rotatable bonds is 4. The maximum Gasteiger partial charge on any atom is 0.310 e. The van der Waals surface area contributed by atoms with E-state index in [-0.39, 0.29) is 18.6 Å². The van der Waals surface area contributed by atoms with Gasteiger partial charge in [0, 0.05) is 0 Å². The lowest BCUT2D eigenvalue weighted by atomic mass is 10.1. The van der Waals surface area contributed by atoms with Crippen molar-refractivity contribution in [3.8, 4) is 0 Å². The van der Waals surface area contributed by atoms with Crippen LogP contribution in [-0.2, 0) is 16.0 Å². The molecule has 0 unspecified atom stereocenters. The van der Waals surface area contributed by atoms with Crippen LogP contribution in [0, 0.1) is 5.95 Å². The summed E-state index contributed by atoms with van der Waals surface area (Å²) in [4.78, 5) is 14.1. The number of nitrogens with zero attached hydrogens (tertiary/aromatic N) is 1. The van der Waals surface area contributed by atoms with Crippen molar-refractivity contribution in [1.29, 1.82) is 0 Å². The zero-order valence-corrected chi connectivity index (χ0v) is 9.60. The van der Waals surface area contributed by atoms with Gasteiger partial charge in [0.1, 0.15) is 5.69 Å². The van der Waals surface area contributed by atoms with Crippen molar-refractivity contribution < 1.29 is 22.7 Å². The highest BCUT2D eigenvalue weighted by atomic mass is 35.5. The molecule has 1 aromatic heterocycles. The van der Waals surface area contributed by atoms with Crippen molar-refractivity contribution in [3.63, 3.8) is 0 Å². The molecule has 1 heterocycles. The molecule has 0 aliphatic heterocycles. The Labute approximate surface area is 101 Å². The third-order valence-corrected chi connectivity index (χ3v) is 2.27. The molecule has 0 saturated heterocycles. The Hall–Kier alpha value is -1.30. The second-order valence-corrected chi connectivity index (χ2v) is 3.47. The molecule has 1 aromatic rings. The van der Waals surface area contributed by atoms with Crippen LogP contribution < -0.4 is 0 Å². The fraction of sp³-hybridized carbons (Fsp3) is 0.400. The first-order valence-corrected chi connectivity index (χ1v) is 5.12. The van der Waals surface area contributed by atoms with Crippen molar-refractivity contribution in [1.82, 2.24) is 4.98 Å². The Morgan fingerprint density at radius 3 is 2.76 bits per heavy atom. The number of hydrogen-bond acceptors (Lipinski definition) is 3. The number of ether oxygens (including phenoxy) is 1. The second kappa shape index (κ2) is 5.86. The number of hydrogen-bond donors (Lipinski definition) is 0. The predicted octanol–water partition coefficient (Wildman–Crippen LogP) is 2.92. The van der Waals surface area contributed by atoms with Gasteiger partial charge < -0.3 is 4.74 Å². The Bertz CT molecular complexity index is 426. The Morgan fingerprint density at radius 2 is 2.24 bits per heavy atom. The van der Waals surface area contributed by atoms with Crippen molar-refractivity contribution >= 4 is 17.6 Å². The number of alkyl halides is 2. The van der Waals surface area contributed by atoms with E-state index >= 15 is 0 Å². The highest BCUT2D eigenvalue weighted by Crippen LogP contribution is 2.25. The standard InChI is InChI=1S/C10H9ClF3NO2/c1-2-17-7(16)4-5-3-6(9(12)13)15-10(14)8(5)11/h3,9H,2,4H2,1H3. The van der Waals surface area contributed by atoms with Crippen LogP contribution in [0.3, 0.4) is 0 Å². The van der Waals surface area contributed by atoms with E-state index in [0.29, 0.717) is 0 Å². The molecule has 3 nitrogen and oxygen atoms in total. The molecule has 0 radical (unpaired) electrons. The molecule has 0 bridgehead atoms. The first kappa shape index (κ1) is 13.8. The number of halogens is 4. The molecule has 0 fully saturated rings. The zero-order valence-electron chi connectivity index (χ0n) is 8.84. The van der Waals surface area contributed by atoms with E-state index in [2.05, 4.69) is 9.72 Å². The van der Waals surface area contributed by atoms with Gasteiger partial charge in [-0.15, -0.1) is 0 Å². The largest absolute Gasteiger partial charge is 0.466 e. The van der Waals surface area contributed by atoms with Gasteiger partial charge in [-0.1, -0.05) is 11.6 Å². The first-order chi connectivity index (χ1) is 7.95. The predicted molar refractivity (Wildman–Crippen MR) is 54.5 cm³/mol. The SMILES string of the molecule is CCOC(=O)Cc1cc(C(F)F)nc(F)c1Cl. The smallest absolute Gasteiger partial charge is 0.310 e. The maximum absolute atomic E-state index is 13.1. The van der Waals surface area contributed by atoms with Gasteiger partial charge in [-0.2, -0.15) is 4.39 Å². The van der Waals surface area contributed by atoms with Crippen LogP contribution in [0.2, 0.25) is 5.02 Å². The highest BCUT2D eigenvalue weighted by Gasteiger charge is 2.18. The summed E-state index contributed by atoms with van der Waals surface area (Å²) in [5.41, 5.74) is -0.820. The van der Waals surface area contributed by atoms with Crippen molar-refractivity contribution in [2.45, 2.75) is 19.8 Å². The summed E-state index contributed by atoms with van der Waals surface area (Å²) in [5, 5.41) is -0.442. The minimum absolute atomic E-state index is 0.0621. The van der Waals surface area contributed by atoms with Crippen molar-refractivity contribution in [2.24, 2.45) is 0 Å². The summed E-state index contributed by atoms with van der Waals surface area (Å²) in [6.45, 7) is 1.74. The van der Waals surface area contributed by atoms with Crippen LogP contribution in [0.25, 0.3) is 0 Å². The molecule has 0 saturated carbocycles. The van der Waals surface area contributed by atoms with Crippen LogP contribution in [0.15, 0.2) is 6.07 Å². The maximum atomic E-state index is 13.1. The Kier molecular flexibility index (Phi) is 4.74. The molecule has 0 spiro atoms. The normalized spacial score (nSPS) is 10.7. The summed E-state index contributed by atoms with van der Waals surface area (Å²) in [5.74, 6) is -1.89. The number of pyridine rings is 1. The van der Waals surface area contributed by atoms with Gasteiger partial charge in [-0.05, 0) is 18.6 Å². The summed E-state index contributed by atoms with van der Waals surface area (Å²) >= 11 is 5.52. The number of carbonyl (C=O) groups is 1. The Morgan fingerprint density at radius 1 is 1.59 bits per heavy atom. The van der Waals surface area contributed by atoms with Crippen LogP contribution in [-0.4, -0.2) is 17.6 Å². The number of aromatic nitrogens is 1. The molecule has 0 aromatic carbocycles. The number of esters is 1. The zero-order chi connectivity index (χ0) is 13.0. The van der Waals surface area contributed by atoms with Gasteiger partial charge in [0.05, 0.1) is 18.1 Å². The van der Waals surface area contributed by atoms with E-state index in [1.807, 2.05) is 0 Å². The third-order valence-electron chi connectivity index (χ3n) is 1.88. The summed E-state index contributed by atoms with van der Waals surface area (Å²) in [7, 11) is 0. The molecule has 0 aliphatic carbocycles. The fourth-order valence-corrected chi connectivity index (χ4v) is 1.34. The molecule has 17 heavy (non-hydrogen) atoms. The molecule has 0 amide bonds. The van der Waals surface area contributed by atoms with Crippen LogP contribution in [0.4, 0.5) is 13.2 Å². The van der Waals surface area contributed by atoms with Gasteiger partial charge in [0.25, 0.3) is 6.43 Å². The lowest BCUT2D eigenvalue weighted by Crippen LogP contribution is -2.09. The monoisotopic (exact) mass is 267 g/mol. The van der Waals surface area contributed by atoms with E-state index in [0.717, 1.165) is 6.07 Å². The minimum Gasteiger partial charge on any atom is -0.466 e. The van der Waals surface area contributed by atoms with Crippen molar-refractivity contribution in [3.05, 3.63) is 28.3 Å². The molecule has 1 rings (SSSR count). The van der Waals surface area contributed by atoms with Gasteiger partial charge in [0.15, 0.2) is 0 Å². The molecule has 0 aliphatic rings. The van der Waals surface area contributed by atoms with Crippen LogP contribution in [0.5, 0.6) is 0 Å². The molecular weight excluding hydrogens is 259 g/mol. The van der Waals surface area contributed by atoms with Crippen LogP contribution >= 0.6 is 11.6 Å². The van der Waals surface area contributed by atoms with Crippen molar-refractivity contribution in [2.75, 3.05) is 6.61 Å².